The van der Waals surface area contributed by atoms with Gasteiger partial charge in [-0.15, -0.1) is 0 Å². The van der Waals surface area contributed by atoms with E-state index >= 15 is 0 Å². The first-order valence-corrected chi connectivity index (χ1v) is 12.2. The molecule has 0 saturated heterocycles. The number of hydrogen-bond donors (Lipinski definition) is 0. The number of rotatable bonds is 11. The van der Waals surface area contributed by atoms with Gasteiger partial charge in [0.1, 0.15) is 0 Å². The van der Waals surface area contributed by atoms with Crippen molar-refractivity contribution in [2.24, 2.45) is 0 Å². The Labute approximate surface area is 161 Å². The topological polar surface area (TPSA) is 38.8 Å². The fourth-order valence-electron chi connectivity index (χ4n) is 2.13. The summed E-state index contributed by atoms with van der Waals surface area (Å²) in [7, 11) is -3.02. The van der Waals surface area contributed by atoms with Crippen LogP contribution < -0.4 is 4.90 Å². The van der Waals surface area contributed by atoms with E-state index in [9.17, 15) is 4.57 Å². The highest BCUT2D eigenvalue weighted by Gasteiger charge is 2.23. The Morgan fingerprint density at radius 3 is 1.91 bits per heavy atom. The summed E-state index contributed by atoms with van der Waals surface area (Å²) < 4.78 is 25.4. The SMILES string of the molecule is CCOP(=O)(Cc1ccc(N(CCI)CCI)cc1)OCC. The monoisotopic (exact) mass is 551 g/mol. The van der Waals surface area contributed by atoms with E-state index in [2.05, 4.69) is 62.2 Å². The molecule has 0 fully saturated rings. The van der Waals surface area contributed by atoms with E-state index in [1.165, 1.54) is 5.69 Å². The quantitative estimate of drug-likeness (QED) is 0.217. The molecular weight excluding hydrogens is 527 g/mol. The van der Waals surface area contributed by atoms with Gasteiger partial charge in [-0.2, -0.15) is 0 Å². The summed E-state index contributed by atoms with van der Waals surface area (Å²) in [6, 6.07) is 8.23. The molecule has 0 aliphatic carbocycles. The summed E-state index contributed by atoms with van der Waals surface area (Å²) in [5, 5.41) is 0. The van der Waals surface area contributed by atoms with Crippen molar-refractivity contribution >= 4 is 58.5 Å². The maximum absolute atomic E-state index is 12.5. The molecule has 1 aromatic rings. The average molecular weight is 551 g/mol. The fraction of sp³-hybridized carbons (Fsp3) is 0.600. The molecule has 0 N–H and O–H groups in total. The van der Waals surface area contributed by atoms with Crippen molar-refractivity contribution in [3.05, 3.63) is 29.8 Å². The van der Waals surface area contributed by atoms with E-state index in [0.717, 1.165) is 27.5 Å². The molecule has 0 aromatic heterocycles. The lowest BCUT2D eigenvalue weighted by Crippen LogP contribution is -2.27. The van der Waals surface area contributed by atoms with Crippen LogP contribution in [0.3, 0.4) is 0 Å². The van der Waals surface area contributed by atoms with E-state index in [-0.39, 0.29) is 0 Å². The zero-order valence-corrected chi connectivity index (χ0v) is 18.3. The smallest absolute Gasteiger partial charge is 0.335 e. The minimum atomic E-state index is -3.02. The van der Waals surface area contributed by atoms with Gasteiger partial charge in [-0.1, -0.05) is 57.3 Å². The zero-order valence-electron chi connectivity index (χ0n) is 13.1. The molecule has 0 aliphatic rings. The van der Waals surface area contributed by atoms with Crippen LogP contribution in [0.4, 0.5) is 5.69 Å². The minimum absolute atomic E-state index is 0.327. The molecule has 0 aliphatic heterocycles. The third-order valence-electron chi connectivity index (χ3n) is 3.04. The predicted octanol–water partition coefficient (Wildman–Crippen LogP) is 5.13. The van der Waals surface area contributed by atoms with Crippen molar-refractivity contribution < 1.29 is 13.6 Å². The van der Waals surface area contributed by atoms with E-state index in [0.29, 0.717) is 19.4 Å². The second-order valence-corrected chi connectivity index (χ2v) is 8.85. The number of nitrogens with zero attached hydrogens (tertiary/aromatic N) is 1. The highest BCUT2D eigenvalue weighted by atomic mass is 127. The van der Waals surface area contributed by atoms with Gasteiger partial charge in [-0.3, -0.25) is 4.57 Å². The molecule has 22 heavy (non-hydrogen) atoms. The van der Waals surface area contributed by atoms with Gasteiger partial charge >= 0.3 is 7.60 Å². The Balaban J connectivity index is 2.80. The molecular formula is C15H24I2NO3P. The first-order chi connectivity index (χ1) is 10.6. The average Bonchev–Trinajstić information content (AvgIpc) is 2.48. The van der Waals surface area contributed by atoms with Gasteiger partial charge in [-0.25, -0.2) is 0 Å². The number of hydrogen-bond acceptors (Lipinski definition) is 4. The van der Waals surface area contributed by atoms with Gasteiger partial charge in [0.15, 0.2) is 0 Å². The first kappa shape index (κ1) is 20.7. The predicted molar refractivity (Wildman–Crippen MR) is 111 cm³/mol. The van der Waals surface area contributed by atoms with Gasteiger partial charge < -0.3 is 13.9 Å². The normalized spacial score (nSPS) is 11.6. The van der Waals surface area contributed by atoms with Crippen LogP contribution in [0.25, 0.3) is 0 Å². The van der Waals surface area contributed by atoms with Crippen LogP contribution in [0.2, 0.25) is 0 Å². The van der Waals surface area contributed by atoms with Crippen LogP contribution in [0.15, 0.2) is 24.3 Å². The van der Waals surface area contributed by atoms with Crippen molar-refractivity contribution in [1.82, 2.24) is 0 Å². The number of alkyl halides is 2. The van der Waals surface area contributed by atoms with Crippen LogP contribution in [0.5, 0.6) is 0 Å². The molecule has 0 radical (unpaired) electrons. The molecule has 0 spiro atoms. The molecule has 4 nitrogen and oxygen atoms in total. The third kappa shape index (κ3) is 7.03. The van der Waals surface area contributed by atoms with E-state index in [4.69, 9.17) is 9.05 Å². The highest BCUT2D eigenvalue weighted by molar-refractivity contribution is 14.1. The molecule has 0 unspecified atom stereocenters. The van der Waals surface area contributed by atoms with Gasteiger partial charge in [0.2, 0.25) is 0 Å². The van der Waals surface area contributed by atoms with Gasteiger partial charge in [0.25, 0.3) is 0 Å². The molecule has 0 bridgehead atoms. The summed E-state index contributed by atoms with van der Waals surface area (Å²) in [6.07, 6.45) is 0.327. The Morgan fingerprint density at radius 2 is 1.50 bits per heavy atom. The van der Waals surface area contributed by atoms with Crippen LogP contribution in [-0.4, -0.2) is 35.2 Å². The molecule has 1 rings (SSSR count). The van der Waals surface area contributed by atoms with Crippen molar-refractivity contribution in [3.8, 4) is 0 Å². The highest BCUT2D eigenvalue weighted by Crippen LogP contribution is 2.51. The van der Waals surface area contributed by atoms with Crippen molar-refractivity contribution in [1.29, 1.82) is 0 Å². The van der Waals surface area contributed by atoms with Crippen molar-refractivity contribution in [2.75, 3.05) is 40.1 Å². The molecule has 0 saturated carbocycles. The minimum Gasteiger partial charge on any atom is -0.370 e. The molecule has 7 heteroatoms. The summed E-state index contributed by atoms with van der Waals surface area (Å²) in [5.41, 5.74) is 2.19. The second kappa shape index (κ2) is 11.2. The lowest BCUT2D eigenvalue weighted by atomic mass is 10.2. The fourth-order valence-corrected chi connectivity index (χ4v) is 5.00. The lowest BCUT2D eigenvalue weighted by Gasteiger charge is -2.23. The number of anilines is 1. The van der Waals surface area contributed by atoms with Gasteiger partial charge in [0.05, 0.1) is 19.4 Å². The first-order valence-electron chi connectivity index (χ1n) is 7.42. The number of benzene rings is 1. The summed E-state index contributed by atoms with van der Waals surface area (Å²) in [5.74, 6) is 0. The maximum Gasteiger partial charge on any atom is 0.335 e. The van der Waals surface area contributed by atoms with Gasteiger partial charge in [0, 0.05) is 27.6 Å². The Morgan fingerprint density at radius 1 is 1.00 bits per heavy atom. The maximum atomic E-state index is 12.5. The van der Waals surface area contributed by atoms with Crippen LogP contribution in [-0.2, 0) is 19.8 Å². The van der Waals surface area contributed by atoms with E-state index in [1.54, 1.807) is 0 Å². The summed E-state index contributed by atoms with van der Waals surface area (Å²) in [6.45, 7) is 6.54. The standard InChI is InChI=1S/C15H24I2NO3P/c1-3-20-22(19,21-4-2)13-14-5-7-15(8-6-14)18(11-9-16)12-10-17/h5-8H,3-4,9-13H2,1-2H3. The van der Waals surface area contributed by atoms with Crippen molar-refractivity contribution in [3.63, 3.8) is 0 Å². The molecule has 0 amide bonds. The lowest BCUT2D eigenvalue weighted by molar-refractivity contribution is 0.219. The van der Waals surface area contributed by atoms with E-state index in [1.807, 2.05) is 26.0 Å². The molecule has 126 valence electrons. The Kier molecular flexibility index (Phi) is 10.6. The number of halogens is 2. The Hall–Kier alpha value is 0.630. The van der Waals surface area contributed by atoms with E-state index < -0.39 is 7.60 Å². The molecule has 0 atom stereocenters. The largest absolute Gasteiger partial charge is 0.370 e. The second-order valence-electron chi connectivity index (χ2n) is 4.64. The summed E-state index contributed by atoms with van der Waals surface area (Å²) >= 11 is 4.80. The zero-order chi connectivity index (χ0) is 16.4. The van der Waals surface area contributed by atoms with Crippen LogP contribution in [0.1, 0.15) is 19.4 Å². The van der Waals surface area contributed by atoms with Crippen molar-refractivity contribution in [2.45, 2.75) is 20.0 Å². The molecule has 1 aromatic carbocycles. The van der Waals surface area contributed by atoms with Crippen LogP contribution in [0, 0.1) is 0 Å². The Bertz CT molecular complexity index is 454. The molecule has 0 heterocycles. The summed E-state index contributed by atoms with van der Waals surface area (Å²) in [4.78, 5) is 2.37. The van der Waals surface area contributed by atoms with Gasteiger partial charge in [-0.05, 0) is 31.5 Å². The third-order valence-corrected chi connectivity index (χ3v) is 6.06. The van der Waals surface area contributed by atoms with Crippen LogP contribution >= 0.6 is 52.8 Å².